The van der Waals surface area contributed by atoms with Crippen LogP contribution in [-0.2, 0) is 11.8 Å². The van der Waals surface area contributed by atoms with E-state index in [9.17, 15) is 9.90 Å². The van der Waals surface area contributed by atoms with E-state index in [-0.39, 0.29) is 13.1 Å². The number of anilines is 2. The zero-order valence-electron chi connectivity index (χ0n) is 20.2. The van der Waals surface area contributed by atoms with Gasteiger partial charge >= 0.3 is 5.97 Å². The number of aromatic carboxylic acids is 1. The second-order valence-electron chi connectivity index (χ2n) is 7.55. The number of nitrogens with zero attached hydrogens (tertiary/aromatic N) is 4. The Morgan fingerprint density at radius 2 is 1.91 bits per heavy atom. The van der Waals surface area contributed by atoms with E-state index in [1.807, 2.05) is 26.0 Å². The highest BCUT2D eigenvalue weighted by molar-refractivity contribution is 5.94. The van der Waals surface area contributed by atoms with Crippen LogP contribution in [-0.4, -0.2) is 77.1 Å². The SMILES string of the molecule is C.CC.COc1cc2c(Nc3cc(C(=O)O)n(C)c3)ncnc2cc1OCCCN1CCOCC1. The number of ether oxygens (including phenoxy) is 3. The molecule has 3 aromatic rings. The summed E-state index contributed by atoms with van der Waals surface area (Å²) in [5, 5.41) is 13.2. The van der Waals surface area contributed by atoms with Crippen LogP contribution in [0.15, 0.2) is 30.7 Å². The second-order valence-corrected chi connectivity index (χ2v) is 7.55. The minimum atomic E-state index is -0.995. The molecule has 4 rings (SSSR count). The molecule has 1 saturated heterocycles. The molecule has 0 spiro atoms. The van der Waals surface area contributed by atoms with Gasteiger partial charge in [-0.15, -0.1) is 0 Å². The second kappa shape index (κ2) is 13.5. The lowest BCUT2D eigenvalue weighted by Crippen LogP contribution is -2.37. The van der Waals surface area contributed by atoms with Crippen molar-refractivity contribution in [3.8, 4) is 11.5 Å². The van der Waals surface area contributed by atoms with Crippen LogP contribution in [0.3, 0.4) is 0 Å². The predicted molar refractivity (Wildman–Crippen MR) is 137 cm³/mol. The molecule has 1 aliphatic rings. The van der Waals surface area contributed by atoms with Crippen molar-refractivity contribution in [1.29, 1.82) is 0 Å². The van der Waals surface area contributed by atoms with E-state index in [0.717, 1.165) is 44.7 Å². The molecule has 10 heteroatoms. The Labute approximate surface area is 206 Å². The summed E-state index contributed by atoms with van der Waals surface area (Å²) in [5.74, 6) is 0.764. The summed E-state index contributed by atoms with van der Waals surface area (Å²) in [6.45, 7) is 9.02. The van der Waals surface area contributed by atoms with Gasteiger partial charge in [-0.05, 0) is 18.6 Å². The van der Waals surface area contributed by atoms with Gasteiger partial charge in [0.1, 0.15) is 17.8 Å². The number of aryl methyl sites for hydroxylation is 1. The minimum absolute atomic E-state index is 0. The van der Waals surface area contributed by atoms with Crippen LogP contribution in [0.25, 0.3) is 10.9 Å². The summed E-state index contributed by atoms with van der Waals surface area (Å²) in [7, 11) is 3.27. The standard InChI is InChI=1S/C22H27N5O5.C2H6.CH4/c1-26-13-15(10-18(26)22(28)29)25-21-16-11-19(30-2)20(12-17(16)23-14-24-21)32-7-3-4-27-5-8-31-9-6-27;1-2;/h10-14H,3-9H2,1-2H3,(H,28,29)(H,23,24,25);1-2H3;1H4. The van der Waals surface area contributed by atoms with E-state index < -0.39 is 5.97 Å². The van der Waals surface area contributed by atoms with Crippen molar-refractivity contribution in [3.63, 3.8) is 0 Å². The summed E-state index contributed by atoms with van der Waals surface area (Å²) >= 11 is 0. The molecular weight excluding hydrogens is 450 g/mol. The Balaban J connectivity index is 0.00000140. The van der Waals surface area contributed by atoms with E-state index >= 15 is 0 Å². The van der Waals surface area contributed by atoms with Crippen molar-refractivity contribution in [3.05, 3.63) is 36.4 Å². The molecule has 1 fully saturated rings. The van der Waals surface area contributed by atoms with Crippen molar-refractivity contribution in [2.45, 2.75) is 27.7 Å². The van der Waals surface area contributed by atoms with Crippen molar-refractivity contribution in [2.75, 3.05) is 51.9 Å². The molecule has 192 valence electrons. The number of carboxylic acid groups (broad SMARTS) is 1. The third-order valence-corrected chi connectivity index (χ3v) is 5.39. The molecule has 0 atom stereocenters. The van der Waals surface area contributed by atoms with E-state index in [4.69, 9.17) is 14.2 Å². The van der Waals surface area contributed by atoms with E-state index in [1.165, 1.54) is 10.9 Å². The summed E-state index contributed by atoms with van der Waals surface area (Å²) in [4.78, 5) is 22.4. The van der Waals surface area contributed by atoms with Gasteiger partial charge in [-0.2, -0.15) is 0 Å². The normalized spacial score (nSPS) is 13.4. The number of aromatic nitrogens is 3. The Hall–Kier alpha value is -3.37. The summed E-state index contributed by atoms with van der Waals surface area (Å²) < 4.78 is 18.5. The fraction of sp³-hybridized carbons (Fsp3) is 0.480. The Morgan fingerprint density at radius 3 is 2.57 bits per heavy atom. The summed E-state index contributed by atoms with van der Waals surface area (Å²) in [6.07, 6.45) is 4.05. The van der Waals surface area contributed by atoms with Gasteiger partial charge in [0.15, 0.2) is 11.5 Å². The molecule has 0 bridgehead atoms. The monoisotopic (exact) mass is 487 g/mol. The smallest absolute Gasteiger partial charge is 0.352 e. The topological polar surface area (TPSA) is 111 Å². The molecule has 0 unspecified atom stereocenters. The molecule has 2 N–H and O–H groups in total. The first-order valence-electron chi connectivity index (χ1n) is 11.5. The first kappa shape index (κ1) is 27.9. The molecule has 35 heavy (non-hydrogen) atoms. The Morgan fingerprint density at radius 1 is 1.17 bits per heavy atom. The highest BCUT2D eigenvalue weighted by atomic mass is 16.5. The maximum Gasteiger partial charge on any atom is 0.352 e. The van der Waals surface area contributed by atoms with Gasteiger partial charge in [-0.1, -0.05) is 21.3 Å². The van der Waals surface area contributed by atoms with Crippen LogP contribution in [0.2, 0.25) is 0 Å². The number of fused-ring (bicyclic) bond motifs is 1. The van der Waals surface area contributed by atoms with Crippen molar-refractivity contribution < 1.29 is 24.1 Å². The molecule has 0 aliphatic carbocycles. The number of nitrogens with one attached hydrogen (secondary N) is 1. The Bertz CT molecular complexity index is 1100. The number of morpholine rings is 1. The third kappa shape index (κ3) is 7.06. The van der Waals surface area contributed by atoms with Crippen LogP contribution in [0.5, 0.6) is 11.5 Å². The fourth-order valence-electron chi connectivity index (χ4n) is 3.71. The van der Waals surface area contributed by atoms with E-state index in [1.54, 1.807) is 26.4 Å². The third-order valence-electron chi connectivity index (χ3n) is 5.39. The van der Waals surface area contributed by atoms with Gasteiger partial charge in [-0.25, -0.2) is 14.8 Å². The fourth-order valence-corrected chi connectivity index (χ4v) is 3.71. The number of carboxylic acids is 1. The first-order chi connectivity index (χ1) is 16.5. The average molecular weight is 488 g/mol. The van der Waals surface area contributed by atoms with Gasteiger partial charge < -0.3 is 29.2 Å². The van der Waals surface area contributed by atoms with Gasteiger partial charge in [0.25, 0.3) is 0 Å². The lowest BCUT2D eigenvalue weighted by Gasteiger charge is -2.26. The molecule has 3 heterocycles. The zero-order valence-corrected chi connectivity index (χ0v) is 20.2. The van der Waals surface area contributed by atoms with Crippen LogP contribution in [0.1, 0.15) is 38.2 Å². The zero-order chi connectivity index (χ0) is 24.5. The molecule has 0 amide bonds. The first-order valence-corrected chi connectivity index (χ1v) is 11.5. The highest BCUT2D eigenvalue weighted by Crippen LogP contribution is 2.35. The average Bonchev–Trinajstić information content (AvgIpc) is 3.23. The Kier molecular flexibility index (Phi) is 10.8. The maximum atomic E-state index is 11.3. The van der Waals surface area contributed by atoms with Gasteiger partial charge in [0, 0.05) is 44.3 Å². The largest absolute Gasteiger partial charge is 0.493 e. The number of benzene rings is 1. The van der Waals surface area contributed by atoms with E-state index in [0.29, 0.717) is 35.1 Å². The lowest BCUT2D eigenvalue weighted by molar-refractivity contribution is 0.0357. The van der Waals surface area contributed by atoms with E-state index in [2.05, 4.69) is 20.2 Å². The molecule has 0 radical (unpaired) electrons. The van der Waals surface area contributed by atoms with Crippen molar-refractivity contribution in [2.24, 2.45) is 7.05 Å². The van der Waals surface area contributed by atoms with Gasteiger partial charge in [0.2, 0.25) is 0 Å². The lowest BCUT2D eigenvalue weighted by atomic mass is 10.2. The quantitative estimate of drug-likeness (QED) is 0.429. The van der Waals surface area contributed by atoms with Crippen molar-refractivity contribution >= 4 is 28.4 Å². The summed E-state index contributed by atoms with van der Waals surface area (Å²) in [6, 6.07) is 5.22. The molecule has 2 aromatic heterocycles. The highest BCUT2D eigenvalue weighted by Gasteiger charge is 2.15. The number of hydrogen-bond donors (Lipinski definition) is 2. The van der Waals surface area contributed by atoms with Gasteiger partial charge in [0.05, 0.1) is 38.1 Å². The number of carbonyl (C=O) groups is 1. The van der Waals surface area contributed by atoms with Crippen LogP contribution >= 0.6 is 0 Å². The molecule has 1 aromatic carbocycles. The predicted octanol–water partition coefficient (Wildman–Crippen LogP) is 4.18. The molecular formula is C25H37N5O5. The molecule has 1 aliphatic heterocycles. The number of methoxy groups -OCH3 is 1. The van der Waals surface area contributed by atoms with Gasteiger partial charge in [-0.3, -0.25) is 4.90 Å². The summed E-state index contributed by atoms with van der Waals surface area (Å²) in [5.41, 5.74) is 1.49. The molecule has 0 saturated carbocycles. The number of rotatable bonds is 9. The number of hydrogen-bond acceptors (Lipinski definition) is 8. The minimum Gasteiger partial charge on any atom is -0.493 e. The van der Waals surface area contributed by atoms with Crippen LogP contribution in [0.4, 0.5) is 11.5 Å². The molecule has 10 nitrogen and oxygen atoms in total. The maximum absolute atomic E-state index is 11.3. The van der Waals surface area contributed by atoms with Crippen molar-refractivity contribution in [1.82, 2.24) is 19.4 Å². The van der Waals surface area contributed by atoms with Crippen LogP contribution in [0, 0.1) is 0 Å². The van der Waals surface area contributed by atoms with Crippen LogP contribution < -0.4 is 14.8 Å².